The predicted molar refractivity (Wildman–Crippen MR) is 90.7 cm³/mol. The number of amides is 1. The summed E-state index contributed by atoms with van der Waals surface area (Å²) in [7, 11) is 0. The number of fused-ring (bicyclic) bond motifs is 1. The lowest BCUT2D eigenvalue weighted by atomic mass is 10.2. The van der Waals surface area contributed by atoms with Crippen molar-refractivity contribution in [2.24, 2.45) is 0 Å². The predicted octanol–water partition coefficient (Wildman–Crippen LogP) is 3.53. The number of ether oxygens (including phenoxy) is 1. The summed E-state index contributed by atoms with van der Waals surface area (Å²) in [4.78, 5) is 19.7. The van der Waals surface area contributed by atoms with Gasteiger partial charge in [0.25, 0.3) is 0 Å². The highest BCUT2D eigenvalue weighted by Gasteiger charge is 2.07. The molecule has 0 atom stereocenters. The SMILES string of the molecule is CCOc1ccc(NC(=O)CCc2nc3ccccc3[nH]2)cc1. The molecule has 2 aromatic carbocycles. The Morgan fingerprint density at radius 1 is 1.17 bits per heavy atom. The largest absolute Gasteiger partial charge is 0.494 e. The quantitative estimate of drug-likeness (QED) is 0.732. The third kappa shape index (κ3) is 3.88. The number of imidazole rings is 1. The van der Waals surface area contributed by atoms with Crippen LogP contribution >= 0.6 is 0 Å². The molecule has 5 nitrogen and oxygen atoms in total. The normalized spacial score (nSPS) is 10.7. The third-order valence-electron chi connectivity index (χ3n) is 3.48. The topological polar surface area (TPSA) is 67.0 Å². The number of H-pyrrole nitrogens is 1. The maximum absolute atomic E-state index is 12.0. The lowest BCUT2D eigenvalue weighted by Gasteiger charge is -2.06. The number of carbonyl (C=O) groups excluding carboxylic acids is 1. The van der Waals surface area contributed by atoms with Crippen LogP contribution in [0.2, 0.25) is 0 Å². The number of para-hydroxylation sites is 2. The summed E-state index contributed by atoms with van der Waals surface area (Å²) in [6.45, 7) is 2.57. The Balaban J connectivity index is 1.54. The first-order valence-corrected chi connectivity index (χ1v) is 7.71. The van der Waals surface area contributed by atoms with E-state index in [0.717, 1.165) is 28.3 Å². The molecule has 3 rings (SSSR count). The Bertz CT molecular complexity index is 760. The number of hydrogen-bond acceptors (Lipinski definition) is 3. The van der Waals surface area contributed by atoms with Crippen LogP contribution in [0.3, 0.4) is 0 Å². The highest BCUT2D eigenvalue weighted by Crippen LogP contribution is 2.16. The van der Waals surface area contributed by atoms with E-state index in [0.29, 0.717) is 19.4 Å². The van der Waals surface area contributed by atoms with E-state index in [4.69, 9.17) is 4.74 Å². The summed E-state index contributed by atoms with van der Waals surface area (Å²) >= 11 is 0. The van der Waals surface area contributed by atoms with Crippen molar-refractivity contribution >= 4 is 22.6 Å². The average molecular weight is 309 g/mol. The fourth-order valence-corrected chi connectivity index (χ4v) is 2.38. The molecule has 0 saturated carbocycles. The van der Waals surface area contributed by atoms with Crippen LogP contribution in [-0.2, 0) is 11.2 Å². The number of carbonyl (C=O) groups is 1. The highest BCUT2D eigenvalue weighted by molar-refractivity contribution is 5.90. The van der Waals surface area contributed by atoms with Gasteiger partial charge in [0.1, 0.15) is 11.6 Å². The van der Waals surface area contributed by atoms with Crippen LogP contribution in [0, 0.1) is 0 Å². The van der Waals surface area contributed by atoms with Gasteiger partial charge in [0.15, 0.2) is 0 Å². The van der Waals surface area contributed by atoms with Crippen LogP contribution in [-0.4, -0.2) is 22.5 Å². The zero-order valence-corrected chi connectivity index (χ0v) is 13.0. The summed E-state index contributed by atoms with van der Waals surface area (Å²) < 4.78 is 5.37. The molecule has 5 heteroatoms. The molecule has 118 valence electrons. The maximum atomic E-state index is 12.0. The van der Waals surface area contributed by atoms with Crippen molar-refractivity contribution < 1.29 is 9.53 Å². The van der Waals surface area contributed by atoms with Crippen molar-refractivity contribution in [1.82, 2.24) is 9.97 Å². The molecule has 1 amide bonds. The lowest BCUT2D eigenvalue weighted by Crippen LogP contribution is -2.12. The maximum Gasteiger partial charge on any atom is 0.224 e. The van der Waals surface area contributed by atoms with Crippen molar-refractivity contribution in [1.29, 1.82) is 0 Å². The number of nitrogens with zero attached hydrogens (tertiary/aromatic N) is 1. The second-order valence-electron chi connectivity index (χ2n) is 5.21. The van der Waals surface area contributed by atoms with Gasteiger partial charge in [-0.05, 0) is 43.3 Å². The molecule has 0 bridgehead atoms. The highest BCUT2D eigenvalue weighted by atomic mass is 16.5. The Morgan fingerprint density at radius 3 is 2.70 bits per heavy atom. The van der Waals surface area contributed by atoms with Crippen molar-refractivity contribution in [3.63, 3.8) is 0 Å². The Labute approximate surface area is 134 Å². The molecule has 0 aliphatic rings. The van der Waals surface area contributed by atoms with Crippen molar-refractivity contribution in [3.05, 3.63) is 54.4 Å². The molecular weight excluding hydrogens is 290 g/mol. The third-order valence-corrected chi connectivity index (χ3v) is 3.48. The number of benzene rings is 2. The van der Waals surface area contributed by atoms with E-state index >= 15 is 0 Å². The molecule has 2 N–H and O–H groups in total. The molecular formula is C18H19N3O2. The smallest absolute Gasteiger partial charge is 0.224 e. The molecule has 0 aliphatic heterocycles. The van der Waals surface area contributed by atoms with Gasteiger partial charge >= 0.3 is 0 Å². The minimum Gasteiger partial charge on any atom is -0.494 e. The van der Waals surface area contributed by atoms with Gasteiger partial charge in [-0.2, -0.15) is 0 Å². The van der Waals surface area contributed by atoms with E-state index in [1.54, 1.807) is 0 Å². The van der Waals surface area contributed by atoms with Gasteiger partial charge in [-0.25, -0.2) is 4.98 Å². The van der Waals surface area contributed by atoms with E-state index in [1.807, 2.05) is 55.5 Å². The zero-order valence-electron chi connectivity index (χ0n) is 13.0. The van der Waals surface area contributed by atoms with Gasteiger partial charge in [0, 0.05) is 18.5 Å². The standard InChI is InChI=1S/C18H19N3O2/c1-2-23-14-9-7-13(8-10-14)19-18(22)12-11-17-20-15-5-3-4-6-16(15)21-17/h3-10H,2,11-12H2,1H3,(H,19,22)(H,20,21). The zero-order chi connectivity index (χ0) is 16.1. The lowest BCUT2D eigenvalue weighted by molar-refractivity contribution is -0.116. The van der Waals surface area contributed by atoms with Crippen molar-refractivity contribution in [3.8, 4) is 5.75 Å². The van der Waals surface area contributed by atoms with E-state index in [1.165, 1.54) is 0 Å². The molecule has 1 heterocycles. The minimum atomic E-state index is -0.0328. The van der Waals surface area contributed by atoms with E-state index in [-0.39, 0.29) is 5.91 Å². The first-order chi connectivity index (χ1) is 11.2. The summed E-state index contributed by atoms with van der Waals surface area (Å²) in [5, 5.41) is 2.88. The van der Waals surface area contributed by atoms with E-state index < -0.39 is 0 Å². The van der Waals surface area contributed by atoms with Gasteiger partial charge in [-0.15, -0.1) is 0 Å². The summed E-state index contributed by atoms with van der Waals surface area (Å²) in [6, 6.07) is 15.2. The van der Waals surface area contributed by atoms with E-state index in [2.05, 4.69) is 15.3 Å². The second-order valence-corrected chi connectivity index (χ2v) is 5.21. The van der Waals surface area contributed by atoms with E-state index in [9.17, 15) is 4.79 Å². The summed E-state index contributed by atoms with van der Waals surface area (Å²) in [6.07, 6.45) is 0.963. The minimum absolute atomic E-state index is 0.0328. The fraction of sp³-hybridized carbons (Fsp3) is 0.222. The monoisotopic (exact) mass is 309 g/mol. The number of aromatic amines is 1. The van der Waals surface area contributed by atoms with Crippen LogP contribution in [0.25, 0.3) is 11.0 Å². The molecule has 3 aromatic rings. The van der Waals surface area contributed by atoms with Gasteiger partial charge < -0.3 is 15.0 Å². The number of hydrogen-bond donors (Lipinski definition) is 2. The van der Waals surface area contributed by atoms with Crippen LogP contribution in [0.5, 0.6) is 5.75 Å². The second kappa shape index (κ2) is 6.96. The average Bonchev–Trinajstić information content (AvgIpc) is 2.98. The molecule has 0 unspecified atom stereocenters. The van der Waals surface area contributed by atoms with Crippen LogP contribution in [0.1, 0.15) is 19.2 Å². The Hall–Kier alpha value is -2.82. The fourth-order valence-electron chi connectivity index (χ4n) is 2.38. The van der Waals surface area contributed by atoms with Crippen LogP contribution < -0.4 is 10.1 Å². The molecule has 0 spiro atoms. The molecule has 0 saturated heterocycles. The molecule has 0 aliphatic carbocycles. The van der Waals surface area contributed by atoms with Gasteiger partial charge in [-0.1, -0.05) is 12.1 Å². The van der Waals surface area contributed by atoms with Gasteiger partial charge in [0.2, 0.25) is 5.91 Å². The van der Waals surface area contributed by atoms with Crippen LogP contribution in [0.4, 0.5) is 5.69 Å². The first kappa shape index (κ1) is 15.1. The number of nitrogens with one attached hydrogen (secondary N) is 2. The molecule has 23 heavy (non-hydrogen) atoms. The molecule has 1 aromatic heterocycles. The van der Waals surface area contributed by atoms with Crippen molar-refractivity contribution in [2.75, 3.05) is 11.9 Å². The summed E-state index contributed by atoms with van der Waals surface area (Å²) in [5.74, 6) is 1.59. The Kier molecular flexibility index (Phi) is 4.57. The first-order valence-electron chi connectivity index (χ1n) is 7.71. The van der Waals surface area contributed by atoms with Crippen LogP contribution in [0.15, 0.2) is 48.5 Å². The number of aromatic nitrogens is 2. The Morgan fingerprint density at radius 2 is 1.96 bits per heavy atom. The molecule has 0 radical (unpaired) electrons. The molecule has 0 fully saturated rings. The van der Waals surface area contributed by atoms with Gasteiger partial charge in [0.05, 0.1) is 17.6 Å². The number of aryl methyl sites for hydroxylation is 1. The number of anilines is 1. The summed E-state index contributed by atoms with van der Waals surface area (Å²) in [5.41, 5.74) is 2.69. The van der Waals surface area contributed by atoms with Gasteiger partial charge in [-0.3, -0.25) is 4.79 Å². The number of rotatable bonds is 6. The van der Waals surface area contributed by atoms with Crippen molar-refractivity contribution in [2.45, 2.75) is 19.8 Å².